The van der Waals surface area contributed by atoms with Crippen molar-refractivity contribution in [1.82, 2.24) is 0 Å². The van der Waals surface area contributed by atoms with Crippen molar-refractivity contribution in [2.75, 3.05) is 5.75 Å². The first kappa shape index (κ1) is 19.4. The van der Waals surface area contributed by atoms with E-state index in [-0.39, 0.29) is 6.42 Å². The van der Waals surface area contributed by atoms with Crippen molar-refractivity contribution >= 4 is 29.5 Å². The summed E-state index contributed by atoms with van der Waals surface area (Å²) in [5.74, 6) is 2.40. The first-order chi connectivity index (χ1) is 13.1. The third kappa shape index (κ3) is 9.35. The highest BCUT2D eigenvalue weighted by Gasteiger charge is 2.10. The van der Waals surface area contributed by atoms with Gasteiger partial charge in [0.15, 0.2) is 0 Å². The molecule has 0 spiro atoms. The van der Waals surface area contributed by atoms with Gasteiger partial charge in [0.1, 0.15) is 0 Å². The molecule has 2 nitrogen and oxygen atoms in total. The van der Waals surface area contributed by atoms with E-state index in [1.807, 2.05) is 53.9 Å². The molecule has 0 aliphatic rings. The summed E-state index contributed by atoms with van der Waals surface area (Å²) in [6, 6.07) is 18.8. The average Bonchev–Trinajstić information content (AvgIpc) is 2.68. The van der Waals surface area contributed by atoms with E-state index in [1.165, 1.54) is 11.1 Å². The van der Waals surface area contributed by atoms with Gasteiger partial charge in [-0.3, -0.25) is 4.79 Å². The molecule has 0 saturated heterocycles. The Bertz CT molecular complexity index is 662. The van der Waals surface area contributed by atoms with Crippen LogP contribution in [0.25, 0.3) is 0 Å². The number of thioether (sulfide) groups is 2. The van der Waals surface area contributed by atoms with E-state index >= 15 is 0 Å². The molecule has 0 fully saturated rings. The van der Waals surface area contributed by atoms with Crippen molar-refractivity contribution < 1.29 is 11.3 Å². The van der Waals surface area contributed by atoms with E-state index in [9.17, 15) is 4.79 Å². The summed E-state index contributed by atoms with van der Waals surface area (Å²) < 4.78 is 7.54. The summed E-state index contributed by atoms with van der Waals surface area (Å²) in [6.45, 7) is 0. The lowest BCUT2D eigenvalue weighted by atomic mass is 10.1. The predicted molar refractivity (Wildman–Crippen MR) is 115 cm³/mol. The lowest BCUT2D eigenvalue weighted by Crippen LogP contribution is -2.06. The Morgan fingerprint density at radius 1 is 0.962 bits per heavy atom. The van der Waals surface area contributed by atoms with Crippen LogP contribution in [0.2, 0.25) is 0 Å². The molecule has 2 rings (SSSR count). The van der Waals surface area contributed by atoms with Crippen LogP contribution >= 0.6 is 23.5 Å². The highest BCUT2D eigenvalue weighted by molar-refractivity contribution is 7.99. The van der Waals surface area contributed by atoms with Crippen molar-refractivity contribution in [3.63, 3.8) is 0 Å². The maximum atomic E-state index is 10.7. The summed E-state index contributed by atoms with van der Waals surface area (Å²) in [7, 11) is 0. The quantitative estimate of drug-likeness (QED) is 0.410. The third-order valence-corrected chi connectivity index (χ3v) is 6.64. The number of carboxylic acid groups (broad SMARTS) is 1. The number of carbonyl (C=O) groups is 1. The lowest BCUT2D eigenvalue weighted by Gasteiger charge is -2.16. The van der Waals surface area contributed by atoms with Gasteiger partial charge in [-0.2, -0.15) is 23.5 Å². The fourth-order valence-electron chi connectivity index (χ4n) is 2.67. The lowest BCUT2D eigenvalue weighted by molar-refractivity contribution is -0.137. The second-order valence-electron chi connectivity index (χ2n) is 6.31. The van der Waals surface area contributed by atoms with Crippen molar-refractivity contribution in [3.8, 4) is 0 Å². The van der Waals surface area contributed by atoms with Gasteiger partial charge in [0.25, 0.3) is 0 Å². The molecule has 0 aromatic heterocycles. The molecule has 0 aliphatic carbocycles. The molecule has 1 N–H and O–H groups in total. The zero-order chi connectivity index (χ0) is 19.3. The number of carboxylic acids is 1. The summed E-state index contributed by atoms with van der Waals surface area (Å²) in [6.07, 6.45) is 4.25. The molecule has 1 unspecified atom stereocenters. The minimum Gasteiger partial charge on any atom is -0.481 e. The van der Waals surface area contributed by atoms with Crippen LogP contribution in [0.5, 0.6) is 0 Å². The molecule has 0 aliphatic heterocycles. The summed E-state index contributed by atoms with van der Waals surface area (Å²) in [5, 5.41) is 9.38. The minimum absolute atomic E-state index is 0.275. The summed E-state index contributed by atoms with van der Waals surface area (Å²) in [4.78, 5) is 10.7. The van der Waals surface area contributed by atoms with E-state index in [4.69, 9.17) is 6.48 Å². The first-order valence-corrected chi connectivity index (χ1v) is 11.3. The Labute approximate surface area is 167 Å². The first-order valence-electron chi connectivity index (χ1n) is 9.64. The van der Waals surface area contributed by atoms with Gasteiger partial charge in [0, 0.05) is 23.2 Å². The zero-order valence-corrected chi connectivity index (χ0v) is 16.7. The van der Waals surface area contributed by atoms with Crippen LogP contribution in [-0.2, 0) is 16.3 Å². The van der Waals surface area contributed by atoms with Crippen molar-refractivity contribution in [2.45, 2.75) is 48.9 Å². The normalized spacial score (nSPS) is 12.5. The maximum absolute atomic E-state index is 10.7. The van der Waals surface area contributed by atoms with Crippen LogP contribution in [0.1, 0.15) is 44.6 Å². The Morgan fingerprint density at radius 3 is 2.38 bits per heavy atom. The van der Waals surface area contributed by atoms with Crippen LogP contribution in [-0.4, -0.2) is 22.1 Å². The SMILES string of the molecule is [2H]c1ccc(CSCCC(CCCCC(=O)O)SCc2ccccc2)cc1. The van der Waals surface area contributed by atoms with Crippen molar-refractivity contribution in [1.29, 1.82) is 0 Å². The number of benzene rings is 2. The van der Waals surface area contributed by atoms with Gasteiger partial charge in [-0.15, -0.1) is 0 Å². The molecule has 0 heterocycles. The monoisotopic (exact) mass is 389 g/mol. The number of hydrogen-bond acceptors (Lipinski definition) is 3. The molecule has 140 valence electrons. The topological polar surface area (TPSA) is 37.3 Å². The Balaban J connectivity index is 1.73. The number of rotatable bonds is 13. The molecule has 2 aromatic rings. The molecule has 0 saturated carbocycles. The maximum Gasteiger partial charge on any atom is 0.303 e. The van der Waals surface area contributed by atoms with Crippen LogP contribution in [0.15, 0.2) is 60.6 Å². The van der Waals surface area contributed by atoms with E-state index < -0.39 is 5.97 Å². The highest BCUT2D eigenvalue weighted by Crippen LogP contribution is 2.27. The molecule has 1 atom stereocenters. The van der Waals surface area contributed by atoms with Crippen LogP contribution < -0.4 is 0 Å². The fraction of sp³-hybridized carbons (Fsp3) is 0.409. The molecule has 0 radical (unpaired) electrons. The Morgan fingerprint density at radius 2 is 1.65 bits per heavy atom. The number of aliphatic carboxylic acids is 1. The van der Waals surface area contributed by atoms with E-state index in [1.54, 1.807) is 0 Å². The highest BCUT2D eigenvalue weighted by atomic mass is 32.2. The van der Waals surface area contributed by atoms with Gasteiger partial charge < -0.3 is 5.11 Å². The third-order valence-electron chi connectivity index (χ3n) is 4.14. The molecule has 0 amide bonds. The Hall–Kier alpha value is -1.39. The zero-order valence-electron chi connectivity index (χ0n) is 16.1. The molecule has 4 heteroatoms. The largest absolute Gasteiger partial charge is 0.481 e. The number of hydrogen-bond donors (Lipinski definition) is 1. The molecular weight excluding hydrogens is 360 g/mol. The second kappa shape index (κ2) is 12.9. The van der Waals surface area contributed by atoms with Gasteiger partial charge in [0.05, 0.1) is 1.37 Å². The second-order valence-corrected chi connectivity index (χ2v) is 8.70. The minimum atomic E-state index is -0.697. The predicted octanol–water partition coefficient (Wildman–Crippen LogP) is 6.26. The van der Waals surface area contributed by atoms with Crippen LogP contribution in [0, 0.1) is 0 Å². The Kier molecular flexibility index (Phi) is 9.60. The fourth-order valence-corrected chi connectivity index (χ4v) is 5.08. The summed E-state index contributed by atoms with van der Waals surface area (Å²) >= 11 is 3.93. The van der Waals surface area contributed by atoms with E-state index in [0.29, 0.717) is 11.3 Å². The average molecular weight is 390 g/mol. The van der Waals surface area contributed by atoms with Crippen LogP contribution in [0.4, 0.5) is 0 Å². The van der Waals surface area contributed by atoms with Gasteiger partial charge in [-0.25, -0.2) is 0 Å². The molecule has 2 aromatic carbocycles. The van der Waals surface area contributed by atoms with Gasteiger partial charge in [0.2, 0.25) is 0 Å². The van der Waals surface area contributed by atoms with Crippen molar-refractivity contribution in [2.24, 2.45) is 0 Å². The number of unbranched alkanes of at least 4 members (excludes halogenated alkanes) is 1. The van der Waals surface area contributed by atoms with Gasteiger partial charge >= 0.3 is 5.97 Å². The smallest absolute Gasteiger partial charge is 0.303 e. The van der Waals surface area contributed by atoms with Crippen LogP contribution in [0.3, 0.4) is 0 Å². The van der Waals surface area contributed by atoms with Gasteiger partial charge in [-0.1, -0.05) is 67.1 Å². The van der Waals surface area contributed by atoms with E-state index in [2.05, 4.69) is 24.3 Å². The molecular formula is C22H28O2S2. The van der Waals surface area contributed by atoms with Crippen molar-refractivity contribution in [3.05, 3.63) is 71.8 Å². The molecule has 0 bridgehead atoms. The molecule has 26 heavy (non-hydrogen) atoms. The van der Waals surface area contributed by atoms with Gasteiger partial charge in [-0.05, 0) is 36.1 Å². The standard InChI is InChI=1S/C22H28O2S2/c23-22(24)14-8-7-13-21(26-18-20-11-5-2-6-12-20)15-16-25-17-19-9-3-1-4-10-19/h1-6,9-12,21H,7-8,13-18H2,(H,23,24)/i1D. The summed E-state index contributed by atoms with van der Waals surface area (Å²) in [5.41, 5.74) is 2.62. The van der Waals surface area contributed by atoms with E-state index in [0.717, 1.165) is 42.9 Å².